The molecule has 0 saturated carbocycles. The zero-order valence-electron chi connectivity index (χ0n) is 8.71. The molecular weight excluding hydrogens is 194 g/mol. The molecule has 2 N–H and O–H groups in total. The fourth-order valence-corrected chi connectivity index (χ4v) is 2.89. The molecule has 1 aromatic heterocycles. The van der Waals surface area contributed by atoms with E-state index in [1.54, 1.807) is 11.3 Å². The zero-order chi connectivity index (χ0) is 10.2. The van der Waals surface area contributed by atoms with E-state index in [1.165, 1.54) is 4.88 Å². The van der Waals surface area contributed by atoms with Crippen LogP contribution in [0.2, 0.25) is 0 Å². The molecule has 0 amide bonds. The average Bonchev–Trinajstić information content (AvgIpc) is 2.58. The molecule has 0 spiro atoms. The van der Waals surface area contributed by atoms with E-state index < -0.39 is 5.60 Å². The van der Waals surface area contributed by atoms with Gasteiger partial charge >= 0.3 is 0 Å². The maximum Gasteiger partial charge on any atom is 0.0954 e. The lowest BCUT2D eigenvalue weighted by atomic mass is 9.79. The molecule has 2 unspecified atom stereocenters. The van der Waals surface area contributed by atoms with Crippen LogP contribution in [-0.4, -0.2) is 18.2 Å². The summed E-state index contributed by atoms with van der Waals surface area (Å²) in [6.07, 6.45) is 0.824. The van der Waals surface area contributed by atoms with Gasteiger partial charge in [0.1, 0.15) is 0 Å². The second-order valence-electron chi connectivity index (χ2n) is 4.23. The van der Waals surface area contributed by atoms with E-state index in [4.69, 9.17) is 0 Å². The number of rotatable bonds is 1. The van der Waals surface area contributed by atoms with Crippen molar-refractivity contribution in [2.75, 3.05) is 13.1 Å². The molecule has 2 atom stereocenters. The molecule has 14 heavy (non-hydrogen) atoms. The molecule has 1 saturated heterocycles. The number of hydrogen-bond acceptors (Lipinski definition) is 3. The molecule has 0 aliphatic carbocycles. The normalized spacial score (nSPS) is 33.2. The van der Waals surface area contributed by atoms with E-state index in [1.807, 2.05) is 0 Å². The summed E-state index contributed by atoms with van der Waals surface area (Å²) < 4.78 is 0. The Hall–Kier alpha value is -0.380. The van der Waals surface area contributed by atoms with Crippen LogP contribution in [0.15, 0.2) is 11.4 Å². The minimum absolute atomic E-state index is 0.297. The number of hydrogen-bond donors (Lipinski definition) is 2. The van der Waals surface area contributed by atoms with Crippen molar-refractivity contribution >= 4 is 11.3 Å². The van der Waals surface area contributed by atoms with Gasteiger partial charge in [-0.25, -0.2) is 0 Å². The van der Waals surface area contributed by atoms with Gasteiger partial charge in [0, 0.05) is 17.3 Å². The van der Waals surface area contributed by atoms with Crippen molar-refractivity contribution in [1.29, 1.82) is 0 Å². The number of nitrogens with one attached hydrogen (secondary N) is 1. The van der Waals surface area contributed by atoms with Crippen molar-refractivity contribution in [1.82, 2.24) is 5.32 Å². The van der Waals surface area contributed by atoms with Crippen LogP contribution in [0.3, 0.4) is 0 Å². The van der Waals surface area contributed by atoms with E-state index in [0.29, 0.717) is 5.92 Å². The van der Waals surface area contributed by atoms with Crippen molar-refractivity contribution < 1.29 is 5.11 Å². The summed E-state index contributed by atoms with van der Waals surface area (Å²) in [6, 6.07) is 2.12. The lowest BCUT2D eigenvalue weighted by Crippen LogP contribution is -2.46. The van der Waals surface area contributed by atoms with Gasteiger partial charge < -0.3 is 10.4 Å². The van der Waals surface area contributed by atoms with Crippen molar-refractivity contribution in [3.05, 3.63) is 21.9 Å². The Morgan fingerprint density at radius 2 is 2.43 bits per heavy atom. The molecule has 2 heterocycles. The molecule has 2 rings (SSSR count). The van der Waals surface area contributed by atoms with E-state index >= 15 is 0 Å². The maximum absolute atomic E-state index is 10.6. The number of aliphatic hydroxyl groups is 1. The lowest BCUT2D eigenvalue weighted by molar-refractivity contribution is -0.0388. The highest BCUT2D eigenvalue weighted by molar-refractivity contribution is 7.10. The summed E-state index contributed by atoms with van der Waals surface area (Å²) in [5.41, 5.74) is 0.504. The SMILES string of the molecule is Cc1cc(C2(O)CCNCC2C)cs1. The monoisotopic (exact) mass is 211 g/mol. The van der Waals surface area contributed by atoms with Gasteiger partial charge in [0.2, 0.25) is 0 Å². The molecule has 1 aliphatic rings. The lowest BCUT2D eigenvalue weighted by Gasteiger charge is -2.38. The standard InChI is InChI=1S/C11H17NOS/c1-8-6-12-4-3-11(8,13)10-5-9(2)14-7-10/h5,7-8,12-13H,3-4,6H2,1-2H3. The molecule has 2 nitrogen and oxygen atoms in total. The third kappa shape index (κ3) is 1.60. The quantitative estimate of drug-likeness (QED) is 0.743. The van der Waals surface area contributed by atoms with Crippen LogP contribution in [0.1, 0.15) is 23.8 Å². The Morgan fingerprint density at radius 1 is 1.64 bits per heavy atom. The first-order chi connectivity index (χ1) is 6.63. The second-order valence-corrected chi connectivity index (χ2v) is 5.34. The van der Waals surface area contributed by atoms with Gasteiger partial charge in [-0.2, -0.15) is 0 Å². The molecule has 3 heteroatoms. The maximum atomic E-state index is 10.6. The highest BCUT2D eigenvalue weighted by atomic mass is 32.1. The third-order valence-electron chi connectivity index (χ3n) is 3.18. The molecule has 1 aliphatic heterocycles. The molecule has 1 aromatic rings. The number of thiophene rings is 1. The van der Waals surface area contributed by atoms with Crippen molar-refractivity contribution in [3.8, 4) is 0 Å². The minimum atomic E-state index is -0.601. The molecule has 0 bridgehead atoms. The van der Waals surface area contributed by atoms with Crippen LogP contribution in [0.25, 0.3) is 0 Å². The van der Waals surface area contributed by atoms with Gasteiger partial charge in [0.25, 0.3) is 0 Å². The van der Waals surface area contributed by atoms with Crippen LogP contribution in [0.4, 0.5) is 0 Å². The van der Waals surface area contributed by atoms with Gasteiger partial charge in [0.15, 0.2) is 0 Å². The average molecular weight is 211 g/mol. The van der Waals surface area contributed by atoms with E-state index in [0.717, 1.165) is 25.1 Å². The third-order valence-corrected chi connectivity index (χ3v) is 4.04. The molecular formula is C11H17NOS. The first kappa shape index (κ1) is 10.1. The van der Waals surface area contributed by atoms with Crippen molar-refractivity contribution in [3.63, 3.8) is 0 Å². The van der Waals surface area contributed by atoms with Gasteiger partial charge in [-0.15, -0.1) is 11.3 Å². The Bertz CT molecular complexity index is 323. The smallest absolute Gasteiger partial charge is 0.0954 e. The van der Waals surface area contributed by atoms with Gasteiger partial charge in [-0.1, -0.05) is 6.92 Å². The van der Waals surface area contributed by atoms with Crippen molar-refractivity contribution in [2.45, 2.75) is 25.9 Å². The summed E-state index contributed by atoms with van der Waals surface area (Å²) >= 11 is 1.72. The summed E-state index contributed by atoms with van der Waals surface area (Å²) in [5, 5.41) is 16.0. The first-order valence-electron chi connectivity index (χ1n) is 5.11. The molecule has 0 aromatic carbocycles. The Morgan fingerprint density at radius 3 is 3.00 bits per heavy atom. The van der Waals surface area contributed by atoms with Crippen LogP contribution < -0.4 is 5.32 Å². The van der Waals surface area contributed by atoms with Crippen LogP contribution in [-0.2, 0) is 5.60 Å². The predicted octanol–water partition coefficient (Wildman–Crippen LogP) is 1.87. The molecule has 0 radical (unpaired) electrons. The van der Waals surface area contributed by atoms with Crippen LogP contribution in [0, 0.1) is 12.8 Å². The molecule has 78 valence electrons. The Labute approximate surface area is 89.0 Å². The van der Waals surface area contributed by atoms with Gasteiger partial charge in [0.05, 0.1) is 5.60 Å². The summed E-state index contributed by atoms with van der Waals surface area (Å²) in [4.78, 5) is 1.28. The largest absolute Gasteiger partial charge is 0.385 e. The number of aryl methyl sites for hydroxylation is 1. The second kappa shape index (κ2) is 3.65. The van der Waals surface area contributed by atoms with Crippen LogP contribution in [0.5, 0.6) is 0 Å². The highest BCUT2D eigenvalue weighted by Gasteiger charge is 2.37. The fourth-order valence-electron chi connectivity index (χ4n) is 2.11. The van der Waals surface area contributed by atoms with E-state index in [9.17, 15) is 5.11 Å². The Kier molecular flexibility index (Phi) is 2.64. The fraction of sp³-hybridized carbons (Fsp3) is 0.636. The zero-order valence-corrected chi connectivity index (χ0v) is 9.53. The number of piperidine rings is 1. The van der Waals surface area contributed by atoms with Crippen molar-refractivity contribution in [2.24, 2.45) is 5.92 Å². The van der Waals surface area contributed by atoms with E-state index in [2.05, 4.69) is 30.6 Å². The topological polar surface area (TPSA) is 32.3 Å². The van der Waals surface area contributed by atoms with Crippen LogP contribution >= 0.6 is 11.3 Å². The Balaban J connectivity index is 2.29. The van der Waals surface area contributed by atoms with E-state index in [-0.39, 0.29) is 0 Å². The summed E-state index contributed by atoms with van der Waals surface area (Å²) in [5.74, 6) is 0.297. The summed E-state index contributed by atoms with van der Waals surface area (Å²) in [6.45, 7) is 6.02. The predicted molar refractivity (Wildman–Crippen MR) is 59.6 cm³/mol. The minimum Gasteiger partial charge on any atom is -0.385 e. The summed E-state index contributed by atoms with van der Waals surface area (Å²) in [7, 11) is 0. The molecule has 1 fully saturated rings. The highest BCUT2D eigenvalue weighted by Crippen LogP contribution is 2.36. The first-order valence-corrected chi connectivity index (χ1v) is 5.99. The van der Waals surface area contributed by atoms with Gasteiger partial charge in [-0.05, 0) is 36.9 Å². The van der Waals surface area contributed by atoms with Gasteiger partial charge in [-0.3, -0.25) is 0 Å².